The molecule has 3 aromatic rings. The van der Waals surface area contributed by atoms with E-state index in [0.29, 0.717) is 29.7 Å². The lowest BCUT2D eigenvalue weighted by Gasteiger charge is -2.29. The number of carboxylic acid groups (broad SMARTS) is 1. The number of nitrogens with one attached hydrogen (secondary N) is 3. The Kier molecular flexibility index (Phi) is 7.30. The van der Waals surface area contributed by atoms with Gasteiger partial charge in [0.05, 0.1) is 37.8 Å². The first-order valence-electron chi connectivity index (χ1n) is 10.1. The molecule has 4 N–H and O–H groups in total. The summed E-state index contributed by atoms with van der Waals surface area (Å²) in [5.41, 5.74) is 1.83. The molecule has 0 spiro atoms. The first kappa shape index (κ1) is 23.5. The Hall–Kier alpha value is -3.61. The summed E-state index contributed by atoms with van der Waals surface area (Å²) < 4.78 is 11.0. The van der Waals surface area contributed by atoms with E-state index in [-0.39, 0.29) is 22.4 Å². The van der Waals surface area contributed by atoms with Gasteiger partial charge in [0.15, 0.2) is 5.82 Å². The second kappa shape index (κ2) is 10.5. The number of benzene rings is 1. The molecule has 11 nitrogen and oxygen atoms in total. The summed E-state index contributed by atoms with van der Waals surface area (Å²) in [4.78, 5) is 33.7. The predicted octanol–water partition coefficient (Wildman–Crippen LogP) is 3.93. The summed E-state index contributed by atoms with van der Waals surface area (Å²) in [5, 5.41) is 19.0. The maximum absolute atomic E-state index is 12.1. The average Bonchev–Trinajstić information content (AvgIpc) is 3.30. The summed E-state index contributed by atoms with van der Waals surface area (Å²) >= 11 is 7.45. The van der Waals surface area contributed by atoms with Crippen LogP contribution in [0.25, 0.3) is 0 Å². The van der Waals surface area contributed by atoms with Gasteiger partial charge in [-0.05, 0) is 23.6 Å². The van der Waals surface area contributed by atoms with Crippen LogP contribution in [0.5, 0.6) is 5.75 Å². The van der Waals surface area contributed by atoms with E-state index in [2.05, 4.69) is 25.5 Å². The van der Waals surface area contributed by atoms with Gasteiger partial charge >= 0.3 is 6.09 Å². The van der Waals surface area contributed by atoms with Gasteiger partial charge in [-0.1, -0.05) is 11.6 Å². The SMILES string of the molecule is COc1cc(N2CCOCC2)ccc1Nc1ncc(Cl)c(Nc2sccc2C(=O)NC(=O)O)n1. The molecule has 0 bridgehead atoms. The molecule has 1 aliphatic rings. The van der Waals surface area contributed by atoms with Gasteiger partial charge in [-0.3, -0.25) is 10.1 Å². The predicted molar refractivity (Wildman–Crippen MR) is 129 cm³/mol. The summed E-state index contributed by atoms with van der Waals surface area (Å²) in [6.07, 6.45) is -0.0272. The second-order valence-electron chi connectivity index (χ2n) is 7.05. The number of imide groups is 1. The highest BCUT2D eigenvalue weighted by atomic mass is 35.5. The Bertz CT molecular complexity index is 1200. The molecule has 178 valence electrons. The molecule has 34 heavy (non-hydrogen) atoms. The zero-order valence-corrected chi connectivity index (χ0v) is 19.6. The maximum atomic E-state index is 12.1. The maximum Gasteiger partial charge on any atom is 0.411 e. The fourth-order valence-corrected chi connectivity index (χ4v) is 4.22. The van der Waals surface area contributed by atoms with Crippen molar-refractivity contribution in [3.05, 3.63) is 46.4 Å². The van der Waals surface area contributed by atoms with Crippen LogP contribution in [0.15, 0.2) is 35.8 Å². The number of carbonyl (C=O) groups excluding carboxylic acids is 1. The number of anilines is 5. The Balaban J connectivity index is 1.53. The highest BCUT2D eigenvalue weighted by Gasteiger charge is 2.18. The van der Waals surface area contributed by atoms with Gasteiger partial charge in [0, 0.05) is 24.8 Å². The van der Waals surface area contributed by atoms with Crippen molar-refractivity contribution < 1.29 is 24.2 Å². The average molecular weight is 505 g/mol. The highest BCUT2D eigenvalue weighted by molar-refractivity contribution is 7.14. The lowest BCUT2D eigenvalue weighted by atomic mass is 10.2. The summed E-state index contributed by atoms with van der Waals surface area (Å²) in [6.45, 7) is 2.97. The van der Waals surface area contributed by atoms with Crippen LogP contribution in [-0.2, 0) is 4.74 Å². The van der Waals surface area contributed by atoms with E-state index in [1.165, 1.54) is 23.6 Å². The number of aromatic nitrogens is 2. The number of methoxy groups -OCH3 is 1. The standard InChI is InChI=1S/C21H21ClN6O5S/c1-32-16-10-12(28-5-7-33-8-6-28)2-3-15(16)24-20-23-11-14(22)17(26-20)25-19-13(4-9-34-19)18(29)27-21(30)31/h2-4,9-11H,5-8H2,1H3,(H,27,29)(H,30,31)(H2,23,24,25,26). The summed E-state index contributed by atoms with van der Waals surface area (Å²) in [7, 11) is 1.58. The van der Waals surface area contributed by atoms with Gasteiger partial charge in [-0.25, -0.2) is 9.78 Å². The minimum absolute atomic E-state index is 0.150. The van der Waals surface area contributed by atoms with Crippen LogP contribution >= 0.6 is 22.9 Å². The Morgan fingerprint density at radius 3 is 2.76 bits per heavy atom. The van der Waals surface area contributed by atoms with E-state index in [1.807, 2.05) is 23.5 Å². The van der Waals surface area contributed by atoms with E-state index < -0.39 is 12.0 Å². The van der Waals surface area contributed by atoms with Crippen LogP contribution in [0, 0.1) is 0 Å². The number of amides is 2. The number of morpholine rings is 1. The van der Waals surface area contributed by atoms with Crippen molar-refractivity contribution >= 4 is 63.1 Å². The molecule has 13 heteroatoms. The van der Waals surface area contributed by atoms with E-state index in [1.54, 1.807) is 12.5 Å². The number of halogens is 1. The fourth-order valence-electron chi connectivity index (χ4n) is 3.29. The molecule has 0 atom stereocenters. The zero-order chi connectivity index (χ0) is 24.1. The third-order valence-corrected chi connectivity index (χ3v) is 6.02. The molecule has 1 aromatic carbocycles. The highest BCUT2D eigenvalue weighted by Crippen LogP contribution is 2.34. The van der Waals surface area contributed by atoms with Crippen LogP contribution in [0.1, 0.15) is 10.4 Å². The number of thiophene rings is 1. The van der Waals surface area contributed by atoms with Crippen molar-refractivity contribution in [1.29, 1.82) is 0 Å². The lowest BCUT2D eigenvalue weighted by molar-refractivity contribution is 0.0949. The van der Waals surface area contributed by atoms with E-state index in [0.717, 1.165) is 18.8 Å². The van der Waals surface area contributed by atoms with Gasteiger partial charge in [0.2, 0.25) is 5.95 Å². The van der Waals surface area contributed by atoms with Crippen molar-refractivity contribution in [3.8, 4) is 5.75 Å². The van der Waals surface area contributed by atoms with E-state index in [9.17, 15) is 9.59 Å². The van der Waals surface area contributed by atoms with Crippen molar-refractivity contribution in [2.24, 2.45) is 0 Å². The van der Waals surface area contributed by atoms with Gasteiger partial charge in [0.1, 0.15) is 15.8 Å². The number of rotatable bonds is 7. The molecule has 3 heterocycles. The summed E-state index contributed by atoms with van der Waals surface area (Å²) in [5.74, 6) is 0.347. The molecule has 2 aromatic heterocycles. The number of hydrogen-bond donors (Lipinski definition) is 4. The Labute approximate surface area is 203 Å². The normalized spacial score (nSPS) is 13.3. The van der Waals surface area contributed by atoms with Gasteiger partial charge in [-0.15, -0.1) is 11.3 Å². The molecule has 1 saturated heterocycles. The van der Waals surface area contributed by atoms with Crippen LogP contribution in [0.2, 0.25) is 5.02 Å². The molecule has 0 aliphatic carbocycles. The Morgan fingerprint density at radius 2 is 2.03 bits per heavy atom. The lowest BCUT2D eigenvalue weighted by Crippen LogP contribution is -2.36. The number of ether oxygens (including phenoxy) is 2. The molecule has 0 saturated carbocycles. The first-order chi connectivity index (χ1) is 16.4. The number of hydrogen-bond acceptors (Lipinski definition) is 10. The van der Waals surface area contributed by atoms with E-state index >= 15 is 0 Å². The minimum Gasteiger partial charge on any atom is -0.494 e. The first-order valence-corrected chi connectivity index (χ1v) is 11.4. The van der Waals surface area contributed by atoms with Crippen LogP contribution < -0.4 is 25.6 Å². The van der Waals surface area contributed by atoms with Gasteiger partial charge in [0.25, 0.3) is 5.91 Å². The zero-order valence-electron chi connectivity index (χ0n) is 18.0. The van der Waals surface area contributed by atoms with Gasteiger partial charge < -0.3 is 30.1 Å². The van der Waals surface area contributed by atoms with Gasteiger partial charge in [-0.2, -0.15) is 4.98 Å². The van der Waals surface area contributed by atoms with Crippen molar-refractivity contribution in [3.63, 3.8) is 0 Å². The molecular formula is C21H21ClN6O5S. The fraction of sp³-hybridized carbons (Fsp3) is 0.238. The van der Waals surface area contributed by atoms with Crippen LogP contribution in [-0.4, -0.2) is 60.5 Å². The number of carbonyl (C=O) groups is 2. The van der Waals surface area contributed by atoms with Crippen molar-refractivity contribution in [1.82, 2.24) is 15.3 Å². The third kappa shape index (κ3) is 5.47. The van der Waals surface area contributed by atoms with E-state index in [4.69, 9.17) is 26.2 Å². The quantitative estimate of drug-likeness (QED) is 0.374. The molecule has 2 amide bonds. The topological polar surface area (TPSA) is 138 Å². The molecule has 0 radical (unpaired) electrons. The Morgan fingerprint density at radius 1 is 1.24 bits per heavy atom. The molecule has 1 aliphatic heterocycles. The molecular weight excluding hydrogens is 484 g/mol. The molecule has 0 unspecified atom stereocenters. The largest absolute Gasteiger partial charge is 0.494 e. The monoisotopic (exact) mass is 504 g/mol. The van der Waals surface area contributed by atoms with Crippen LogP contribution in [0.3, 0.4) is 0 Å². The molecule has 1 fully saturated rings. The molecule has 4 rings (SSSR count). The smallest absolute Gasteiger partial charge is 0.411 e. The second-order valence-corrected chi connectivity index (χ2v) is 8.37. The minimum atomic E-state index is -1.44. The third-order valence-electron chi connectivity index (χ3n) is 4.91. The van der Waals surface area contributed by atoms with Crippen LogP contribution in [0.4, 0.5) is 32.9 Å². The van der Waals surface area contributed by atoms with Crippen molar-refractivity contribution in [2.45, 2.75) is 0 Å². The summed E-state index contributed by atoms with van der Waals surface area (Å²) in [6, 6.07) is 7.29. The number of nitrogens with zero attached hydrogens (tertiary/aromatic N) is 3. The van der Waals surface area contributed by atoms with Crippen molar-refractivity contribution in [2.75, 3.05) is 48.9 Å².